The van der Waals surface area contributed by atoms with Crippen LogP contribution in [0.3, 0.4) is 0 Å². The van der Waals surface area contributed by atoms with Crippen LogP contribution in [0, 0.1) is 75.9 Å². The smallest absolute Gasteiger partial charge is 0.107 e. The highest BCUT2D eigenvalue weighted by atomic mass is 15.0. The van der Waals surface area contributed by atoms with Crippen LogP contribution in [0.25, 0.3) is 17.6 Å². The highest BCUT2D eigenvalue weighted by molar-refractivity contribution is 5.55. The van der Waals surface area contributed by atoms with Crippen molar-refractivity contribution in [2.75, 3.05) is 0 Å². The fraction of sp³-hybridized carbons (Fsp3) is 0.511. The van der Waals surface area contributed by atoms with Crippen molar-refractivity contribution < 1.29 is 0 Å². The van der Waals surface area contributed by atoms with Gasteiger partial charge in [-0.25, -0.2) is 4.98 Å². The van der Waals surface area contributed by atoms with Gasteiger partial charge in [0.15, 0.2) is 0 Å². The lowest BCUT2D eigenvalue weighted by Gasteiger charge is -2.69. The summed E-state index contributed by atoms with van der Waals surface area (Å²) in [7, 11) is 0. The van der Waals surface area contributed by atoms with Crippen molar-refractivity contribution >= 4 is 6.20 Å². The van der Waals surface area contributed by atoms with Crippen LogP contribution >= 0.6 is 0 Å². The normalized spacial score (nSPS) is 37.5. The third-order valence-corrected chi connectivity index (χ3v) is 14.1. The maximum Gasteiger partial charge on any atom is 0.107 e. The van der Waals surface area contributed by atoms with Gasteiger partial charge in [0.05, 0.1) is 12.0 Å². The van der Waals surface area contributed by atoms with E-state index in [4.69, 9.17) is 13.0 Å². The zero-order valence-electron chi connectivity index (χ0n) is 30.7. The first-order chi connectivity index (χ1) is 22.6. The molecule has 2 aromatic rings. The number of nitrogens with zero attached hydrogens (tertiary/aromatic N) is 3. The minimum atomic E-state index is -0.00117. The van der Waals surface area contributed by atoms with Crippen LogP contribution in [0.1, 0.15) is 93.4 Å². The van der Waals surface area contributed by atoms with Crippen molar-refractivity contribution in [3.05, 3.63) is 91.1 Å². The number of fused-ring (bicyclic) bond motifs is 7. The first-order valence-corrected chi connectivity index (χ1v) is 17.8. The molecule has 0 aromatic carbocycles. The molecule has 0 spiro atoms. The molecule has 3 saturated carbocycles. The van der Waals surface area contributed by atoms with Gasteiger partial charge in [-0.2, -0.15) is 0 Å². The molecular weight excluding hydrogens is 583 g/mol. The summed E-state index contributed by atoms with van der Waals surface area (Å²) < 4.78 is 1.80. The Morgan fingerprint density at radius 3 is 2.27 bits per heavy atom. The Kier molecular flexibility index (Phi) is 9.29. The van der Waals surface area contributed by atoms with Crippen LogP contribution < -0.4 is 0 Å². The third kappa shape index (κ3) is 5.49. The number of hydrogen-bond acceptors (Lipinski definition) is 2. The lowest BCUT2D eigenvalue weighted by Crippen LogP contribution is -2.61. The molecule has 5 aliphatic rings. The van der Waals surface area contributed by atoms with E-state index in [9.17, 15) is 0 Å². The Bertz CT molecular complexity index is 1710. The van der Waals surface area contributed by atoms with Gasteiger partial charge >= 0.3 is 0 Å². The van der Waals surface area contributed by atoms with Crippen LogP contribution in [0.4, 0.5) is 0 Å². The van der Waals surface area contributed by atoms with Gasteiger partial charge in [-0.15, -0.1) is 19.3 Å². The molecule has 3 nitrogen and oxygen atoms in total. The molecule has 0 amide bonds. The second-order valence-electron chi connectivity index (χ2n) is 17.0. The van der Waals surface area contributed by atoms with Gasteiger partial charge in [0.1, 0.15) is 5.69 Å². The SMILES string of the molecule is C#C.C#CC1=CC2(C)C3=CC(=C)C4C5CC(C)(C)CCC5(C)CC[C@@]4(C)C3(C)CCC2C(C)C1=C.C=Cn1cnc(-c2ccccn2)c1. The van der Waals surface area contributed by atoms with Gasteiger partial charge < -0.3 is 4.57 Å². The second kappa shape index (κ2) is 12.6. The van der Waals surface area contributed by atoms with Gasteiger partial charge in [-0.1, -0.05) is 103 Å². The summed E-state index contributed by atoms with van der Waals surface area (Å²) in [6.45, 7) is 30.6. The Morgan fingerprint density at radius 1 is 0.938 bits per heavy atom. The maximum atomic E-state index is 5.99. The first-order valence-electron chi connectivity index (χ1n) is 17.8. The van der Waals surface area contributed by atoms with Crippen LogP contribution in [0.2, 0.25) is 0 Å². The predicted molar refractivity (Wildman–Crippen MR) is 203 cm³/mol. The molecule has 0 aliphatic heterocycles. The van der Waals surface area contributed by atoms with Crippen molar-refractivity contribution in [2.45, 2.75) is 93.4 Å². The molecule has 7 rings (SSSR count). The summed E-state index contributed by atoms with van der Waals surface area (Å²) in [6.07, 6.45) is 35.4. The molecule has 2 aromatic heterocycles. The molecule has 8 atom stereocenters. The number of terminal acetylenes is 2. The Morgan fingerprint density at radius 2 is 1.65 bits per heavy atom. The summed E-state index contributed by atoms with van der Waals surface area (Å²) in [5.41, 5.74) is 8.36. The van der Waals surface area contributed by atoms with Gasteiger partial charge in [0, 0.05) is 29.6 Å². The monoisotopic (exact) mass is 639 g/mol. The van der Waals surface area contributed by atoms with E-state index in [1.807, 2.05) is 24.4 Å². The molecule has 3 fully saturated rings. The van der Waals surface area contributed by atoms with Crippen molar-refractivity contribution in [1.82, 2.24) is 14.5 Å². The lowest BCUT2D eigenvalue weighted by atomic mass is 9.34. The van der Waals surface area contributed by atoms with Gasteiger partial charge in [-0.05, 0) is 108 Å². The Balaban J connectivity index is 0.000000250. The highest BCUT2D eigenvalue weighted by Gasteiger charge is 2.66. The summed E-state index contributed by atoms with van der Waals surface area (Å²) in [6, 6.07) is 5.75. The van der Waals surface area contributed by atoms with Crippen molar-refractivity contribution in [3.8, 4) is 36.6 Å². The largest absolute Gasteiger partial charge is 0.313 e. The van der Waals surface area contributed by atoms with Crippen LogP contribution in [0.5, 0.6) is 0 Å². The zero-order chi connectivity index (χ0) is 35.3. The van der Waals surface area contributed by atoms with E-state index in [-0.39, 0.29) is 16.2 Å². The van der Waals surface area contributed by atoms with E-state index in [1.54, 1.807) is 28.9 Å². The number of imidazole rings is 1. The number of rotatable bonds is 2. The lowest BCUT2D eigenvalue weighted by molar-refractivity contribution is -0.134. The summed E-state index contributed by atoms with van der Waals surface area (Å²) in [5.74, 6) is 5.34. The summed E-state index contributed by atoms with van der Waals surface area (Å²) >= 11 is 0. The van der Waals surface area contributed by atoms with Gasteiger partial charge in [0.25, 0.3) is 0 Å². The quantitative estimate of drug-likeness (QED) is 0.306. The topological polar surface area (TPSA) is 30.7 Å². The van der Waals surface area contributed by atoms with E-state index in [2.05, 4.69) is 103 Å². The van der Waals surface area contributed by atoms with E-state index in [0.717, 1.165) is 22.9 Å². The molecule has 0 saturated heterocycles. The molecule has 252 valence electrons. The second-order valence-corrected chi connectivity index (χ2v) is 17.0. The Hall–Kier alpha value is -3.82. The average Bonchev–Trinajstić information content (AvgIpc) is 3.56. The average molecular weight is 640 g/mol. The highest BCUT2D eigenvalue weighted by Crippen LogP contribution is 2.75. The standard InChI is InChI=1S/C33H46.C10H9N3.C2H2/c1-11-24-19-31(8)25(23(4)22(24)3)12-13-32(9)27(31)18-21(2)28-26-20-29(5,6)14-15-30(26,7)16-17-33(28,32)10;1-2-13-7-10(12-8-13)9-5-3-4-6-11-9;1-2/h1,18-19,23,25-26,28H,2-3,12-17,20H2,4-10H3;2-8H,1H2;1-2H/t23?,25?,26?,28?,30?,31?,32?,33-;;/m1../s1. The minimum absolute atomic E-state index is 0.00117. The van der Waals surface area contributed by atoms with Gasteiger partial charge in [-0.3, -0.25) is 4.98 Å². The predicted octanol–water partition coefficient (Wildman–Crippen LogP) is 11.2. The van der Waals surface area contributed by atoms with Crippen molar-refractivity contribution in [2.24, 2.45) is 50.7 Å². The minimum Gasteiger partial charge on any atom is -0.313 e. The van der Waals surface area contributed by atoms with E-state index in [1.165, 1.54) is 56.1 Å². The molecule has 0 N–H and O–H groups in total. The van der Waals surface area contributed by atoms with E-state index in [0.29, 0.717) is 28.6 Å². The van der Waals surface area contributed by atoms with Crippen molar-refractivity contribution in [1.29, 1.82) is 0 Å². The number of allylic oxidation sites excluding steroid dienone is 6. The fourth-order valence-electron chi connectivity index (χ4n) is 10.9. The maximum absolute atomic E-state index is 5.99. The molecule has 7 unspecified atom stereocenters. The fourth-order valence-corrected chi connectivity index (χ4v) is 10.9. The molecule has 0 radical (unpaired) electrons. The third-order valence-electron chi connectivity index (χ3n) is 14.1. The van der Waals surface area contributed by atoms with Crippen LogP contribution in [-0.2, 0) is 0 Å². The zero-order valence-corrected chi connectivity index (χ0v) is 30.7. The number of pyridine rings is 1. The molecule has 2 heterocycles. The molecule has 48 heavy (non-hydrogen) atoms. The first kappa shape index (κ1) is 35.5. The Labute approximate surface area is 291 Å². The molecule has 5 aliphatic carbocycles. The van der Waals surface area contributed by atoms with Gasteiger partial charge in [0.2, 0.25) is 0 Å². The molecule has 3 heteroatoms. The van der Waals surface area contributed by atoms with E-state index < -0.39 is 0 Å². The summed E-state index contributed by atoms with van der Waals surface area (Å²) in [4.78, 5) is 8.37. The number of aromatic nitrogens is 3. The van der Waals surface area contributed by atoms with Crippen molar-refractivity contribution in [3.63, 3.8) is 0 Å². The summed E-state index contributed by atoms with van der Waals surface area (Å²) in [5, 5.41) is 0. The molecule has 0 bridgehead atoms. The number of hydrogen-bond donors (Lipinski definition) is 0. The molecular formula is C45H57N3. The van der Waals surface area contributed by atoms with Crippen LogP contribution in [-0.4, -0.2) is 14.5 Å². The van der Waals surface area contributed by atoms with Crippen LogP contribution in [0.15, 0.2) is 91.1 Å². The van der Waals surface area contributed by atoms with E-state index >= 15 is 0 Å².